The number of amides is 1. The molecule has 0 spiro atoms. The zero-order chi connectivity index (χ0) is 24.6. The van der Waals surface area contributed by atoms with Crippen LogP contribution in [0.3, 0.4) is 0 Å². The molecule has 0 aliphatic rings. The molecule has 0 saturated heterocycles. The zero-order valence-corrected chi connectivity index (χ0v) is 20.7. The van der Waals surface area contributed by atoms with Crippen LogP contribution in [-0.4, -0.2) is 34.0 Å². The van der Waals surface area contributed by atoms with Gasteiger partial charge >= 0.3 is 6.09 Å². The highest BCUT2D eigenvalue weighted by Gasteiger charge is 2.24. The summed E-state index contributed by atoms with van der Waals surface area (Å²) in [5, 5.41) is 13.3. The second-order valence-corrected chi connectivity index (χ2v) is 9.77. The van der Waals surface area contributed by atoms with Gasteiger partial charge in [0.15, 0.2) is 5.78 Å². The number of nitrogens with zero attached hydrogens (tertiary/aromatic N) is 3. The van der Waals surface area contributed by atoms with E-state index < -0.39 is 6.09 Å². The molecule has 0 fully saturated rings. The van der Waals surface area contributed by atoms with E-state index >= 15 is 0 Å². The highest BCUT2D eigenvalue weighted by molar-refractivity contribution is 7.13. The number of thiazole rings is 1. The fourth-order valence-electron chi connectivity index (χ4n) is 4.00. The minimum atomic E-state index is -1.04. The number of carbonyl (C=O) groups is 2. The molecule has 4 aromatic rings. The average Bonchev–Trinajstić information content (AvgIpc) is 3.28. The average molecular weight is 474 g/mol. The lowest BCUT2D eigenvalue weighted by atomic mass is 9.93. The molecule has 1 amide bonds. The van der Waals surface area contributed by atoms with E-state index in [-0.39, 0.29) is 5.78 Å². The Morgan fingerprint density at radius 2 is 1.74 bits per heavy atom. The molecule has 1 N–H and O–H groups in total. The summed E-state index contributed by atoms with van der Waals surface area (Å²) in [7, 11) is 1.57. The molecule has 0 radical (unpaired) electrons. The molecule has 7 heteroatoms. The molecule has 2 aromatic carbocycles. The molecule has 2 heterocycles. The molecule has 174 valence electrons. The Morgan fingerprint density at radius 1 is 1.06 bits per heavy atom. The van der Waals surface area contributed by atoms with Crippen LogP contribution in [-0.2, 0) is 6.42 Å². The van der Waals surface area contributed by atoms with Crippen LogP contribution in [0.25, 0.3) is 32.6 Å². The third-order valence-corrected chi connectivity index (χ3v) is 6.60. The van der Waals surface area contributed by atoms with Crippen molar-refractivity contribution in [2.24, 2.45) is 5.92 Å². The predicted octanol–water partition coefficient (Wildman–Crippen LogP) is 6.85. The lowest BCUT2D eigenvalue weighted by molar-refractivity contribution is 0.101. The molecule has 0 bridgehead atoms. The normalized spacial score (nSPS) is 11.2. The topological polar surface area (TPSA) is 83.4 Å². The Kier molecular flexibility index (Phi) is 6.48. The van der Waals surface area contributed by atoms with Crippen molar-refractivity contribution in [1.29, 1.82) is 0 Å². The van der Waals surface area contributed by atoms with E-state index in [0.29, 0.717) is 23.7 Å². The number of aryl methyl sites for hydroxylation is 1. The highest BCUT2D eigenvalue weighted by Crippen LogP contribution is 2.41. The van der Waals surface area contributed by atoms with Crippen molar-refractivity contribution >= 4 is 39.8 Å². The molecular weight excluding hydrogens is 446 g/mol. The van der Waals surface area contributed by atoms with Crippen molar-refractivity contribution in [2.75, 3.05) is 11.9 Å². The molecule has 34 heavy (non-hydrogen) atoms. The van der Waals surface area contributed by atoms with Gasteiger partial charge in [0.25, 0.3) is 0 Å². The summed E-state index contributed by atoms with van der Waals surface area (Å²) in [6, 6.07) is 14.0. The van der Waals surface area contributed by atoms with Gasteiger partial charge in [-0.25, -0.2) is 9.78 Å². The van der Waals surface area contributed by atoms with E-state index in [0.717, 1.165) is 43.9 Å². The summed E-state index contributed by atoms with van der Waals surface area (Å²) >= 11 is 1.41. The number of rotatable bonds is 6. The summed E-state index contributed by atoms with van der Waals surface area (Å²) < 4.78 is 0. The van der Waals surface area contributed by atoms with Gasteiger partial charge in [-0.1, -0.05) is 43.7 Å². The van der Waals surface area contributed by atoms with E-state index in [1.165, 1.54) is 23.2 Å². The first-order valence-corrected chi connectivity index (χ1v) is 12.0. The number of ketones is 1. The SMILES string of the molecule is CC(=O)c1csc(-c2ccc3nc(CC(C)C)c(N(C)C(=O)O)c(-c4ccc(C)cc4)c3c2)n1. The maximum absolute atomic E-state index is 12.1. The number of pyridine rings is 1. The molecule has 4 rings (SSSR count). The first kappa shape index (κ1) is 23.6. The van der Waals surface area contributed by atoms with E-state index in [1.807, 2.05) is 49.4 Å². The van der Waals surface area contributed by atoms with Gasteiger partial charge in [-0.15, -0.1) is 11.3 Å². The molecule has 0 aliphatic carbocycles. The molecular formula is C27H27N3O3S. The van der Waals surface area contributed by atoms with Gasteiger partial charge in [0.1, 0.15) is 10.7 Å². The number of hydrogen-bond acceptors (Lipinski definition) is 5. The molecule has 0 atom stereocenters. The largest absolute Gasteiger partial charge is 0.465 e. The van der Waals surface area contributed by atoms with Crippen LogP contribution in [0.15, 0.2) is 47.8 Å². The van der Waals surface area contributed by atoms with E-state index in [9.17, 15) is 14.7 Å². The van der Waals surface area contributed by atoms with Crippen molar-refractivity contribution in [3.05, 3.63) is 64.8 Å². The number of anilines is 1. The summed E-state index contributed by atoms with van der Waals surface area (Å²) in [4.78, 5) is 34.5. The molecule has 2 aromatic heterocycles. The van der Waals surface area contributed by atoms with Gasteiger partial charge in [-0.05, 0) is 43.0 Å². The summed E-state index contributed by atoms with van der Waals surface area (Å²) in [5.74, 6) is 0.227. The Balaban J connectivity index is 2.06. The van der Waals surface area contributed by atoms with Crippen LogP contribution in [0, 0.1) is 12.8 Å². The summed E-state index contributed by atoms with van der Waals surface area (Å²) in [6.07, 6.45) is -0.389. The third-order valence-electron chi connectivity index (χ3n) is 5.71. The zero-order valence-electron chi connectivity index (χ0n) is 19.9. The van der Waals surface area contributed by atoms with Crippen molar-refractivity contribution < 1.29 is 14.7 Å². The van der Waals surface area contributed by atoms with Crippen LogP contribution < -0.4 is 4.90 Å². The summed E-state index contributed by atoms with van der Waals surface area (Å²) in [5.41, 5.74) is 6.32. The number of fused-ring (bicyclic) bond motifs is 1. The van der Waals surface area contributed by atoms with E-state index in [2.05, 4.69) is 18.8 Å². The minimum Gasteiger partial charge on any atom is -0.465 e. The van der Waals surface area contributed by atoms with Gasteiger partial charge in [0.05, 0.1) is 16.9 Å². The van der Waals surface area contributed by atoms with Gasteiger partial charge in [-0.2, -0.15) is 0 Å². The van der Waals surface area contributed by atoms with Gasteiger partial charge < -0.3 is 5.11 Å². The second-order valence-electron chi connectivity index (χ2n) is 8.91. The maximum atomic E-state index is 12.1. The fourth-order valence-corrected chi connectivity index (χ4v) is 4.86. The maximum Gasteiger partial charge on any atom is 0.411 e. The number of benzene rings is 2. The fraction of sp³-hybridized carbons (Fsp3) is 0.259. The number of carbonyl (C=O) groups excluding carboxylic acids is 1. The molecule has 0 aliphatic heterocycles. The number of carboxylic acid groups (broad SMARTS) is 1. The first-order chi connectivity index (χ1) is 16.2. The Labute approximate surface area is 202 Å². The lowest BCUT2D eigenvalue weighted by Gasteiger charge is -2.24. The van der Waals surface area contributed by atoms with Gasteiger partial charge in [-0.3, -0.25) is 14.7 Å². The number of aromatic nitrogens is 2. The van der Waals surface area contributed by atoms with Crippen LogP contribution in [0.4, 0.5) is 10.5 Å². The van der Waals surface area contributed by atoms with E-state index in [4.69, 9.17) is 4.98 Å². The van der Waals surface area contributed by atoms with Crippen molar-refractivity contribution in [2.45, 2.75) is 34.1 Å². The van der Waals surface area contributed by atoms with Crippen molar-refractivity contribution in [3.8, 4) is 21.7 Å². The first-order valence-electron chi connectivity index (χ1n) is 11.1. The number of hydrogen-bond donors (Lipinski definition) is 1. The smallest absolute Gasteiger partial charge is 0.411 e. The minimum absolute atomic E-state index is 0.0750. The Bertz CT molecular complexity index is 1390. The third kappa shape index (κ3) is 4.56. The van der Waals surface area contributed by atoms with Crippen molar-refractivity contribution in [1.82, 2.24) is 9.97 Å². The molecule has 0 unspecified atom stereocenters. The second kappa shape index (κ2) is 9.35. The van der Waals surface area contributed by atoms with Crippen molar-refractivity contribution in [3.63, 3.8) is 0 Å². The molecule has 6 nitrogen and oxygen atoms in total. The standard InChI is InChI=1S/C27H27N3O3S/c1-15(2)12-22-25(30(5)27(32)33)24(18-8-6-16(3)7-9-18)20-13-19(10-11-21(20)28-22)26-29-23(14-34-26)17(4)31/h6-11,13-15H,12H2,1-5H3,(H,32,33). The number of Topliss-reactive ketones (excluding diaryl/α,β-unsaturated/α-hetero) is 1. The van der Waals surface area contributed by atoms with Crippen LogP contribution in [0.5, 0.6) is 0 Å². The van der Waals surface area contributed by atoms with Crippen LogP contribution in [0.2, 0.25) is 0 Å². The monoisotopic (exact) mass is 473 g/mol. The van der Waals surface area contributed by atoms with Gasteiger partial charge in [0.2, 0.25) is 0 Å². The summed E-state index contributed by atoms with van der Waals surface area (Å²) in [6.45, 7) is 7.72. The van der Waals surface area contributed by atoms with Crippen LogP contribution in [0.1, 0.15) is 42.5 Å². The van der Waals surface area contributed by atoms with Gasteiger partial charge in [0, 0.05) is 35.9 Å². The Morgan fingerprint density at radius 3 is 2.32 bits per heavy atom. The van der Waals surface area contributed by atoms with E-state index in [1.54, 1.807) is 12.4 Å². The quantitative estimate of drug-likeness (QED) is 0.310. The lowest BCUT2D eigenvalue weighted by Crippen LogP contribution is -2.26. The Hall–Kier alpha value is -3.58. The highest BCUT2D eigenvalue weighted by atomic mass is 32.1. The molecule has 0 saturated carbocycles. The predicted molar refractivity (Wildman–Crippen MR) is 138 cm³/mol. The van der Waals surface area contributed by atoms with Crippen LogP contribution >= 0.6 is 11.3 Å².